The fourth-order valence-electron chi connectivity index (χ4n) is 11.2. The number of benzene rings is 3. The quantitative estimate of drug-likeness (QED) is 0.0781. The second-order valence-electron chi connectivity index (χ2n) is 20.5. The van der Waals surface area contributed by atoms with E-state index in [9.17, 15) is 24.3 Å². The standard InChI is InChI=1S/C52H65F2N9O8/c1-8-52(25-70-26-52)27-71-45-33(53)23-32(24-34(45)54)63-39(30-13-15-35-37(21-30)57-46(55-35)41-11-9-19-61(41)48(64)43(28(2)3)59-50(66)69-7)17-18-40(63)31-14-16-36-38(22-31)58-47(56-36)42-12-10-20-62(42)49(65)44(29(4)5)60(6)51(67)68/h13-16,21-24,28-29,39-44H,8-12,17-20,25-27H2,1-7H3,(H,55,57)(H,56,58)(H,59,66)(H,67,68)/t39-,40-,41+,42+,43+,44+/m1/s1. The van der Waals surface area contributed by atoms with Crippen molar-refractivity contribution in [3.63, 3.8) is 0 Å². The Bertz CT molecular complexity index is 2780. The number of fused-ring (bicyclic) bond motifs is 2. The zero-order chi connectivity index (χ0) is 50.5. The number of hydrogen-bond donors (Lipinski definition) is 4. The van der Waals surface area contributed by atoms with Gasteiger partial charge in [-0.05, 0) is 92.2 Å². The van der Waals surface area contributed by atoms with Gasteiger partial charge in [-0.3, -0.25) is 14.5 Å². The Morgan fingerprint density at radius 2 is 1.35 bits per heavy atom. The van der Waals surface area contributed by atoms with Gasteiger partial charge in [-0.2, -0.15) is 0 Å². The molecule has 3 aromatic carbocycles. The van der Waals surface area contributed by atoms with Gasteiger partial charge in [-0.25, -0.2) is 28.3 Å². The third-order valence-electron chi connectivity index (χ3n) is 15.3. The largest absolute Gasteiger partial charge is 0.487 e. The highest BCUT2D eigenvalue weighted by molar-refractivity contribution is 5.87. The number of nitrogens with zero attached hydrogens (tertiary/aromatic N) is 6. The lowest BCUT2D eigenvalue weighted by Gasteiger charge is -2.40. The molecule has 4 amide bonds. The normalized spacial score (nSPS) is 21.8. The molecular weight excluding hydrogens is 917 g/mol. The lowest BCUT2D eigenvalue weighted by molar-refractivity contribution is -0.138. The predicted molar refractivity (Wildman–Crippen MR) is 261 cm³/mol. The fourth-order valence-corrected chi connectivity index (χ4v) is 11.2. The van der Waals surface area contributed by atoms with E-state index < -0.39 is 41.7 Å². The molecule has 6 atom stereocenters. The molecule has 380 valence electrons. The van der Waals surface area contributed by atoms with Crippen LogP contribution in [0, 0.1) is 28.9 Å². The van der Waals surface area contributed by atoms with Crippen molar-refractivity contribution in [3.8, 4) is 5.75 Å². The van der Waals surface area contributed by atoms with E-state index in [-0.39, 0.29) is 59.8 Å². The number of imidazole rings is 2. The number of likely N-dealkylation sites (N-methyl/N-ethyl adjacent to an activating group) is 1. The fraction of sp³-hybridized carbons (Fsp3) is 0.538. The number of carboxylic acid groups (broad SMARTS) is 1. The van der Waals surface area contributed by atoms with Crippen LogP contribution in [0.2, 0.25) is 0 Å². The summed E-state index contributed by atoms with van der Waals surface area (Å²) < 4.78 is 48.7. The molecule has 71 heavy (non-hydrogen) atoms. The zero-order valence-corrected chi connectivity index (χ0v) is 41.5. The molecule has 4 aliphatic rings. The molecule has 0 unspecified atom stereocenters. The number of carbonyl (C=O) groups is 4. The minimum atomic E-state index is -1.17. The minimum absolute atomic E-state index is 0.129. The molecule has 9 rings (SSSR count). The summed E-state index contributed by atoms with van der Waals surface area (Å²) in [6.07, 6.45) is 3.03. The first-order valence-electron chi connectivity index (χ1n) is 24.9. The Hall–Kier alpha value is -6.50. The Labute approximate surface area is 411 Å². The number of likely N-dealkylation sites (tertiary alicyclic amines) is 2. The summed E-state index contributed by atoms with van der Waals surface area (Å²) in [6, 6.07) is 11.6. The van der Waals surface area contributed by atoms with E-state index in [2.05, 4.69) is 20.2 Å². The van der Waals surface area contributed by atoms with Gasteiger partial charge in [0.1, 0.15) is 23.7 Å². The van der Waals surface area contributed by atoms with Gasteiger partial charge >= 0.3 is 12.2 Å². The van der Waals surface area contributed by atoms with Crippen LogP contribution in [0.4, 0.5) is 24.1 Å². The van der Waals surface area contributed by atoms with Crippen molar-refractivity contribution in [1.29, 1.82) is 0 Å². The van der Waals surface area contributed by atoms with Crippen LogP contribution in [-0.4, -0.2) is 123 Å². The predicted octanol–water partition coefficient (Wildman–Crippen LogP) is 8.95. The molecule has 4 aliphatic heterocycles. The molecule has 4 fully saturated rings. The van der Waals surface area contributed by atoms with Crippen LogP contribution in [0.15, 0.2) is 48.5 Å². The molecule has 0 saturated carbocycles. The van der Waals surface area contributed by atoms with E-state index in [4.69, 9.17) is 24.2 Å². The third-order valence-corrected chi connectivity index (χ3v) is 15.3. The maximum atomic E-state index is 16.3. The molecule has 19 heteroatoms. The molecule has 2 aromatic heterocycles. The number of methoxy groups -OCH3 is 1. The molecule has 17 nitrogen and oxygen atoms in total. The number of nitrogens with one attached hydrogen (secondary N) is 3. The second-order valence-corrected chi connectivity index (χ2v) is 20.5. The van der Waals surface area contributed by atoms with Crippen molar-refractivity contribution >= 4 is 51.8 Å². The molecule has 0 bridgehead atoms. The van der Waals surface area contributed by atoms with E-state index >= 15 is 8.78 Å². The molecule has 0 aliphatic carbocycles. The SMILES string of the molecule is CCC1(COc2c(F)cc(N3[C@@H](c4ccc5nc([C@@H]6CCCN6C(=O)[C@@H](NC(=O)OC)C(C)C)[nH]c5c4)CC[C@@H]3c3ccc4nc([C@@H]5CCCN5C(=O)[C@H](C(C)C)N(C)C(=O)O)[nH]c4c3)cc2F)COC1. The average molecular weight is 982 g/mol. The molecule has 0 spiro atoms. The summed E-state index contributed by atoms with van der Waals surface area (Å²) in [6.45, 7) is 11.5. The van der Waals surface area contributed by atoms with E-state index in [1.807, 2.05) is 71.0 Å². The summed E-state index contributed by atoms with van der Waals surface area (Å²) in [5, 5.41) is 12.5. The van der Waals surface area contributed by atoms with Crippen molar-refractivity contribution in [1.82, 2.24) is 40.0 Å². The van der Waals surface area contributed by atoms with Crippen molar-refractivity contribution in [2.45, 2.75) is 116 Å². The van der Waals surface area contributed by atoms with E-state index in [0.717, 1.165) is 46.3 Å². The van der Waals surface area contributed by atoms with Gasteiger partial charge in [-0.15, -0.1) is 0 Å². The lowest BCUT2D eigenvalue weighted by Crippen LogP contribution is -2.51. The Balaban J connectivity index is 1.04. The molecule has 0 radical (unpaired) electrons. The van der Waals surface area contributed by atoms with Crippen LogP contribution in [0.25, 0.3) is 22.1 Å². The second kappa shape index (κ2) is 20.0. The first-order chi connectivity index (χ1) is 34.0. The Morgan fingerprint density at radius 3 is 1.80 bits per heavy atom. The lowest BCUT2D eigenvalue weighted by atomic mass is 9.84. The first-order valence-corrected chi connectivity index (χ1v) is 24.9. The Kier molecular flexibility index (Phi) is 13.9. The highest BCUT2D eigenvalue weighted by Gasteiger charge is 2.43. The van der Waals surface area contributed by atoms with Crippen LogP contribution in [0.3, 0.4) is 0 Å². The van der Waals surface area contributed by atoms with Crippen molar-refractivity contribution in [2.75, 3.05) is 52.0 Å². The van der Waals surface area contributed by atoms with Gasteiger partial charge in [0.25, 0.3) is 0 Å². The first kappa shape index (κ1) is 49.5. The van der Waals surface area contributed by atoms with Gasteiger partial charge in [0.15, 0.2) is 17.4 Å². The summed E-state index contributed by atoms with van der Waals surface area (Å²) in [4.78, 5) is 75.6. The van der Waals surface area contributed by atoms with Crippen LogP contribution in [0.5, 0.6) is 5.75 Å². The Morgan fingerprint density at radius 1 is 0.817 bits per heavy atom. The number of carbonyl (C=O) groups excluding carboxylic acids is 3. The molecular formula is C52H65F2N9O8. The highest BCUT2D eigenvalue weighted by atomic mass is 19.1. The van der Waals surface area contributed by atoms with Crippen LogP contribution < -0.4 is 15.0 Å². The van der Waals surface area contributed by atoms with Gasteiger partial charge < -0.3 is 49.3 Å². The van der Waals surface area contributed by atoms with Crippen LogP contribution in [0.1, 0.15) is 127 Å². The van der Waals surface area contributed by atoms with Gasteiger partial charge in [-0.1, -0.05) is 46.8 Å². The number of amides is 4. The number of aromatic amines is 2. The van der Waals surface area contributed by atoms with E-state index in [1.165, 1.54) is 26.3 Å². The number of alkyl carbamates (subject to hydrolysis) is 1. The maximum Gasteiger partial charge on any atom is 0.407 e. The van der Waals surface area contributed by atoms with E-state index in [1.54, 1.807) is 9.80 Å². The number of H-pyrrole nitrogens is 2. The van der Waals surface area contributed by atoms with Gasteiger partial charge in [0.2, 0.25) is 11.8 Å². The number of anilines is 1. The van der Waals surface area contributed by atoms with Crippen LogP contribution >= 0.6 is 0 Å². The zero-order valence-electron chi connectivity index (χ0n) is 41.5. The monoisotopic (exact) mass is 981 g/mol. The summed E-state index contributed by atoms with van der Waals surface area (Å²) in [5.74, 6) is -1.69. The smallest absolute Gasteiger partial charge is 0.407 e. The van der Waals surface area contributed by atoms with Crippen molar-refractivity contribution < 1.29 is 47.3 Å². The van der Waals surface area contributed by atoms with Crippen LogP contribution in [-0.2, 0) is 19.1 Å². The number of hydrogen-bond acceptors (Lipinski definition) is 10. The highest BCUT2D eigenvalue weighted by Crippen LogP contribution is 2.49. The summed E-state index contributed by atoms with van der Waals surface area (Å²) in [7, 11) is 2.69. The number of aromatic nitrogens is 4. The summed E-state index contributed by atoms with van der Waals surface area (Å²) >= 11 is 0. The number of ether oxygens (including phenoxy) is 3. The average Bonchev–Trinajstić information content (AvgIpc) is 4.19. The maximum absolute atomic E-state index is 16.3. The summed E-state index contributed by atoms with van der Waals surface area (Å²) in [5.41, 5.74) is 4.73. The van der Waals surface area contributed by atoms with Crippen molar-refractivity contribution in [2.24, 2.45) is 17.3 Å². The molecule has 4 saturated heterocycles. The van der Waals surface area contributed by atoms with Gasteiger partial charge in [0, 0.05) is 38.0 Å². The third kappa shape index (κ3) is 9.44. The number of rotatable bonds is 15. The van der Waals surface area contributed by atoms with Crippen molar-refractivity contribution in [3.05, 3.63) is 82.9 Å². The number of halogens is 2. The molecule has 6 heterocycles. The molecule has 4 N–H and O–H groups in total. The van der Waals surface area contributed by atoms with E-state index in [0.29, 0.717) is 80.4 Å². The van der Waals surface area contributed by atoms with Gasteiger partial charge in [0.05, 0.1) is 78.6 Å². The molecule has 5 aromatic rings. The minimum Gasteiger partial charge on any atom is -0.487 e. The topological polar surface area (TPSA) is 199 Å².